The van der Waals surface area contributed by atoms with Crippen LogP contribution in [-0.4, -0.2) is 35.9 Å². The lowest BCUT2D eigenvalue weighted by Gasteiger charge is -2.14. The van der Waals surface area contributed by atoms with Gasteiger partial charge in [0.25, 0.3) is 0 Å². The Morgan fingerprint density at radius 2 is 1.59 bits per heavy atom. The van der Waals surface area contributed by atoms with Gasteiger partial charge < -0.3 is 24.4 Å². The maximum Gasteiger partial charge on any atom is 0.303 e. The Morgan fingerprint density at radius 1 is 0.853 bits per heavy atom. The summed E-state index contributed by atoms with van der Waals surface area (Å²) in [4.78, 5) is 21.7. The number of unbranched alkanes of at least 4 members (excludes halogenated alkanes) is 3. The Kier molecular flexibility index (Phi) is 12.1. The first-order valence-corrected chi connectivity index (χ1v) is 11.6. The minimum absolute atomic E-state index is 0.0369. The molecule has 2 N–H and O–H groups in total. The topological polar surface area (TPSA) is 102 Å². The smallest absolute Gasteiger partial charge is 0.303 e. The molecule has 2 aromatic carbocycles. The first-order chi connectivity index (χ1) is 16.5. The van der Waals surface area contributed by atoms with Crippen molar-refractivity contribution in [1.29, 1.82) is 0 Å². The van der Waals surface area contributed by atoms with E-state index < -0.39 is 11.9 Å². The normalized spacial score (nSPS) is 10.9. The average Bonchev–Trinajstić information content (AvgIpc) is 2.82. The molecular weight excluding hydrogens is 436 g/mol. The molecule has 0 heterocycles. The molecule has 0 aliphatic heterocycles. The van der Waals surface area contributed by atoms with Crippen molar-refractivity contribution in [3.63, 3.8) is 0 Å². The molecule has 184 valence electrons. The molecule has 0 aliphatic carbocycles. The number of ether oxygens (including phenoxy) is 3. The van der Waals surface area contributed by atoms with Gasteiger partial charge in [0.2, 0.25) is 0 Å². The molecule has 0 spiro atoms. The number of carbonyl (C=O) groups is 2. The molecule has 7 heteroatoms. The van der Waals surface area contributed by atoms with E-state index in [2.05, 4.69) is 12.1 Å². The van der Waals surface area contributed by atoms with Crippen LogP contribution in [0, 0.1) is 0 Å². The molecule has 0 saturated carbocycles. The van der Waals surface area contributed by atoms with Gasteiger partial charge in [0.1, 0.15) is 17.2 Å². The summed E-state index contributed by atoms with van der Waals surface area (Å²) < 4.78 is 16.8. The van der Waals surface area contributed by atoms with Gasteiger partial charge in [0.15, 0.2) is 0 Å². The van der Waals surface area contributed by atoms with Crippen LogP contribution in [0.1, 0.15) is 56.1 Å². The van der Waals surface area contributed by atoms with Gasteiger partial charge in [-0.05, 0) is 80.9 Å². The minimum atomic E-state index is -0.894. The Balaban J connectivity index is 1.83. The summed E-state index contributed by atoms with van der Waals surface area (Å²) in [6.07, 6.45) is 9.05. The van der Waals surface area contributed by atoms with Crippen molar-refractivity contribution < 1.29 is 34.0 Å². The molecule has 0 amide bonds. The third kappa shape index (κ3) is 10.4. The van der Waals surface area contributed by atoms with Gasteiger partial charge in [-0.25, -0.2) is 0 Å². The van der Waals surface area contributed by atoms with E-state index in [9.17, 15) is 9.59 Å². The van der Waals surface area contributed by atoms with E-state index in [-0.39, 0.29) is 19.3 Å². The number of aliphatic carboxylic acids is 2. The number of methoxy groups -OCH3 is 1. The van der Waals surface area contributed by atoms with Crippen LogP contribution < -0.4 is 14.2 Å². The number of allylic oxidation sites excluding steroid dienone is 1. The second kappa shape index (κ2) is 15.4. The number of benzene rings is 2. The highest BCUT2D eigenvalue weighted by Crippen LogP contribution is 2.30. The van der Waals surface area contributed by atoms with Crippen molar-refractivity contribution in [2.45, 2.75) is 57.8 Å². The average molecular weight is 471 g/mol. The molecule has 0 radical (unpaired) electrons. The van der Waals surface area contributed by atoms with Gasteiger partial charge in [0.05, 0.1) is 20.0 Å². The Labute approximate surface area is 201 Å². The van der Waals surface area contributed by atoms with Crippen molar-refractivity contribution in [3.05, 3.63) is 65.9 Å². The van der Waals surface area contributed by atoms with Gasteiger partial charge >= 0.3 is 11.9 Å². The lowest BCUT2D eigenvalue weighted by Crippen LogP contribution is -2.05. The lowest BCUT2D eigenvalue weighted by molar-refractivity contribution is -0.138. The van der Waals surface area contributed by atoms with Crippen LogP contribution in [0.5, 0.6) is 17.2 Å². The number of aryl methyl sites for hydroxylation is 1. The van der Waals surface area contributed by atoms with E-state index in [1.165, 1.54) is 5.56 Å². The van der Waals surface area contributed by atoms with E-state index in [0.717, 1.165) is 31.4 Å². The van der Waals surface area contributed by atoms with Gasteiger partial charge in [0, 0.05) is 18.4 Å². The summed E-state index contributed by atoms with van der Waals surface area (Å²) >= 11 is 0. The molecule has 0 atom stereocenters. The summed E-state index contributed by atoms with van der Waals surface area (Å²) in [7, 11) is 1.66. The van der Waals surface area contributed by atoms with Crippen LogP contribution in [0.4, 0.5) is 0 Å². The van der Waals surface area contributed by atoms with E-state index >= 15 is 0 Å². The number of rotatable bonds is 17. The second-order valence-electron chi connectivity index (χ2n) is 7.91. The van der Waals surface area contributed by atoms with Crippen molar-refractivity contribution >= 4 is 11.9 Å². The summed E-state index contributed by atoms with van der Waals surface area (Å²) in [5.41, 5.74) is 1.98. The highest BCUT2D eigenvalue weighted by molar-refractivity contribution is 5.67. The van der Waals surface area contributed by atoms with Crippen molar-refractivity contribution in [3.8, 4) is 17.2 Å². The molecule has 0 bridgehead atoms. The quantitative estimate of drug-likeness (QED) is 0.227. The first-order valence-electron chi connectivity index (χ1n) is 11.6. The van der Waals surface area contributed by atoms with Crippen LogP contribution in [0.2, 0.25) is 0 Å². The fourth-order valence-corrected chi connectivity index (χ4v) is 3.40. The molecule has 0 aliphatic rings. The largest absolute Gasteiger partial charge is 0.497 e. The molecule has 0 aromatic heterocycles. The van der Waals surface area contributed by atoms with Crippen LogP contribution in [-0.2, 0) is 22.4 Å². The van der Waals surface area contributed by atoms with Gasteiger partial charge in [-0.15, -0.1) is 0 Å². The zero-order chi connectivity index (χ0) is 24.6. The summed E-state index contributed by atoms with van der Waals surface area (Å²) in [5, 5.41) is 17.8. The van der Waals surface area contributed by atoms with Gasteiger partial charge in [-0.1, -0.05) is 18.2 Å². The summed E-state index contributed by atoms with van der Waals surface area (Å²) in [6, 6.07) is 13.5. The van der Waals surface area contributed by atoms with Crippen LogP contribution in [0.15, 0.2) is 54.8 Å². The van der Waals surface area contributed by atoms with Crippen molar-refractivity contribution in [2.75, 3.05) is 13.7 Å². The minimum Gasteiger partial charge on any atom is -0.497 e. The first kappa shape index (κ1) is 26.8. The number of hydrogen-bond acceptors (Lipinski definition) is 5. The fraction of sp³-hybridized carbons (Fsp3) is 0.407. The molecule has 2 rings (SSSR count). The van der Waals surface area contributed by atoms with Crippen molar-refractivity contribution in [1.82, 2.24) is 0 Å². The monoisotopic (exact) mass is 470 g/mol. The Hall–Kier alpha value is -3.48. The van der Waals surface area contributed by atoms with Crippen LogP contribution in [0.3, 0.4) is 0 Å². The lowest BCUT2D eigenvalue weighted by atomic mass is 10.1. The molecular formula is C27H34O7. The molecule has 0 saturated heterocycles. The van der Waals surface area contributed by atoms with E-state index in [1.807, 2.05) is 18.2 Å². The molecule has 0 unspecified atom stereocenters. The predicted octanol–water partition coefficient (Wildman–Crippen LogP) is 5.65. The maximum atomic E-state index is 11.1. The van der Waals surface area contributed by atoms with E-state index in [1.54, 1.807) is 31.6 Å². The van der Waals surface area contributed by atoms with Gasteiger partial charge in [-0.3, -0.25) is 9.59 Å². The molecule has 34 heavy (non-hydrogen) atoms. The highest BCUT2D eigenvalue weighted by Gasteiger charge is 2.12. The third-order valence-electron chi connectivity index (χ3n) is 5.26. The molecule has 7 nitrogen and oxygen atoms in total. The third-order valence-corrected chi connectivity index (χ3v) is 5.26. The number of hydrogen-bond donors (Lipinski definition) is 2. The Bertz CT molecular complexity index is 919. The zero-order valence-electron chi connectivity index (χ0n) is 19.7. The number of carboxylic acids is 2. The molecule has 2 aromatic rings. The maximum absolute atomic E-state index is 11.1. The standard InChI is InChI=1S/C27H34O7/c1-32-22-15-13-21(14-16-22)9-4-2-3-6-19-33-24-10-8-11-25(23(24)17-18-27(30)31)34-20-7-5-12-26(28)29/h6,8,10-11,13-16,19H,2-5,7,9,12,17-18,20H2,1H3,(H,28,29)(H,30,31)/b19-6+. The zero-order valence-corrected chi connectivity index (χ0v) is 19.7. The summed E-state index contributed by atoms with van der Waals surface area (Å²) in [5.74, 6) is 0.277. The van der Waals surface area contributed by atoms with Crippen LogP contribution >= 0.6 is 0 Å². The summed E-state index contributed by atoms with van der Waals surface area (Å²) in [6.45, 7) is 0.362. The highest BCUT2D eigenvalue weighted by atomic mass is 16.5. The fourth-order valence-electron chi connectivity index (χ4n) is 3.40. The number of carboxylic acid groups (broad SMARTS) is 2. The second-order valence-corrected chi connectivity index (χ2v) is 7.91. The van der Waals surface area contributed by atoms with E-state index in [4.69, 9.17) is 24.4 Å². The Morgan fingerprint density at radius 3 is 2.29 bits per heavy atom. The van der Waals surface area contributed by atoms with Crippen LogP contribution in [0.25, 0.3) is 0 Å². The van der Waals surface area contributed by atoms with Crippen molar-refractivity contribution in [2.24, 2.45) is 0 Å². The van der Waals surface area contributed by atoms with Gasteiger partial charge in [-0.2, -0.15) is 0 Å². The SMILES string of the molecule is COc1ccc(CCCC/C=C/Oc2cccc(OCCCCC(=O)O)c2CCC(=O)O)cc1. The predicted molar refractivity (Wildman–Crippen MR) is 130 cm³/mol. The molecule has 0 fully saturated rings. The van der Waals surface area contributed by atoms with E-state index in [0.29, 0.717) is 36.5 Å².